The van der Waals surface area contributed by atoms with Gasteiger partial charge in [-0.1, -0.05) is 0 Å². The van der Waals surface area contributed by atoms with Crippen molar-refractivity contribution < 1.29 is 4.79 Å². The first-order chi connectivity index (χ1) is 12.3. The average molecular weight is 357 g/mol. The molecule has 0 spiro atoms. The molecule has 1 amide bonds. The molecule has 3 rings (SSSR count). The molecule has 3 heterocycles. The van der Waals surface area contributed by atoms with E-state index in [0.29, 0.717) is 5.69 Å². The third kappa shape index (κ3) is 3.18. The van der Waals surface area contributed by atoms with Crippen LogP contribution in [-0.2, 0) is 11.8 Å². The van der Waals surface area contributed by atoms with E-state index in [9.17, 15) is 9.59 Å². The maximum absolute atomic E-state index is 13.0. The van der Waals surface area contributed by atoms with Crippen LogP contribution in [0.15, 0.2) is 16.9 Å². The summed E-state index contributed by atoms with van der Waals surface area (Å²) in [6.07, 6.45) is 3.17. The minimum Gasteiger partial charge on any atom is -0.338 e. The Morgan fingerprint density at radius 2 is 1.96 bits per heavy atom. The molecule has 0 aromatic carbocycles. The van der Waals surface area contributed by atoms with Crippen molar-refractivity contribution in [2.45, 2.75) is 59.0 Å². The Kier molecular flexibility index (Phi) is 4.98. The van der Waals surface area contributed by atoms with Crippen molar-refractivity contribution in [1.82, 2.24) is 24.5 Å². The Hall–Kier alpha value is -2.44. The molecular formula is C19H27N5O2. The van der Waals surface area contributed by atoms with Crippen molar-refractivity contribution in [2.75, 3.05) is 6.54 Å². The lowest BCUT2D eigenvalue weighted by Crippen LogP contribution is -2.46. The first-order valence-electron chi connectivity index (χ1n) is 9.22. The first kappa shape index (κ1) is 18.4. The minimum atomic E-state index is -0.625. The lowest BCUT2D eigenvalue weighted by Gasteiger charge is -2.35. The second kappa shape index (κ2) is 7.05. The predicted molar refractivity (Wildman–Crippen MR) is 99.9 cm³/mol. The molecule has 1 saturated heterocycles. The topological polar surface area (TPSA) is 73.0 Å². The lowest BCUT2D eigenvalue weighted by atomic mass is 10.0. The first-order valence-corrected chi connectivity index (χ1v) is 9.22. The number of likely N-dealkylation sites (tertiary alicyclic amines) is 1. The fourth-order valence-electron chi connectivity index (χ4n) is 3.75. The van der Waals surface area contributed by atoms with Crippen LogP contribution < -0.4 is 5.56 Å². The van der Waals surface area contributed by atoms with Crippen LogP contribution in [0.4, 0.5) is 0 Å². The highest BCUT2D eigenvalue weighted by Crippen LogP contribution is 2.25. The fourth-order valence-corrected chi connectivity index (χ4v) is 3.75. The van der Waals surface area contributed by atoms with Crippen molar-refractivity contribution in [1.29, 1.82) is 0 Å². The molecule has 1 aliphatic heterocycles. The van der Waals surface area contributed by atoms with Crippen LogP contribution in [0.2, 0.25) is 0 Å². The molecule has 2 unspecified atom stereocenters. The number of hydrogen-bond acceptors (Lipinski definition) is 4. The number of amides is 1. The second-order valence-corrected chi connectivity index (χ2v) is 7.22. The maximum atomic E-state index is 13.0. The zero-order valence-electron chi connectivity index (χ0n) is 16.2. The molecule has 0 aliphatic carbocycles. The molecule has 1 fully saturated rings. The van der Waals surface area contributed by atoms with E-state index in [0.717, 1.165) is 42.8 Å². The van der Waals surface area contributed by atoms with Crippen LogP contribution >= 0.6 is 0 Å². The van der Waals surface area contributed by atoms with Crippen LogP contribution in [0, 0.1) is 13.8 Å². The third-order valence-electron chi connectivity index (χ3n) is 5.40. The molecule has 26 heavy (non-hydrogen) atoms. The monoisotopic (exact) mass is 357 g/mol. The van der Waals surface area contributed by atoms with Gasteiger partial charge in [0, 0.05) is 37.0 Å². The van der Waals surface area contributed by atoms with Crippen molar-refractivity contribution in [3.8, 4) is 11.3 Å². The summed E-state index contributed by atoms with van der Waals surface area (Å²) >= 11 is 0. The van der Waals surface area contributed by atoms with Gasteiger partial charge in [0.2, 0.25) is 5.91 Å². The van der Waals surface area contributed by atoms with Gasteiger partial charge in [-0.15, -0.1) is 0 Å². The normalized spacial score (nSPS) is 18.8. The van der Waals surface area contributed by atoms with E-state index in [2.05, 4.69) is 17.1 Å². The third-order valence-corrected chi connectivity index (χ3v) is 5.40. The van der Waals surface area contributed by atoms with Gasteiger partial charge in [-0.25, -0.2) is 4.68 Å². The number of aromatic nitrogens is 4. The Balaban J connectivity index is 1.97. The van der Waals surface area contributed by atoms with E-state index in [1.165, 1.54) is 10.7 Å². The molecule has 140 valence electrons. The van der Waals surface area contributed by atoms with Crippen molar-refractivity contribution in [3.05, 3.63) is 33.9 Å². The number of hydrogen-bond donors (Lipinski definition) is 0. The highest BCUT2D eigenvalue weighted by Gasteiger charge is 2.29. The standard InChI is InChI=1S/C19H27N5O2/c1-12-8-6-7-11-23(12)19(26)15(4)24-17(25)10-9-16(21-24)18-13(2)20-22(5)14(18)3/h9-10,12,15H,6-8,11H2,1-5H3. The van der Waals surface area contributed by atoms with Gasteiger partial charge in [0.1, 0.15) is 6.04 Å². The summed E-state index contributed by atoms with van der Waals surface area (Å²) in [5, 5.41) is 8.94. The van der Waals surface area contributed by atoms with Crippen LogP contribution in [0.3, 0.4) is 0 Å². The molecule has 7 nitrogen and oxygen atoms in total. The highest BCUT2D eigenvalue weighted by atomic mass is 16.2. The van der Waals surface area contributed by atoms with E-state index in [-0.39, 0.29) is 17.5 Å². The van der Waals surface area contributed by atoms with E-state index >= 15 is 0 Å². The summed E-state index contributed by atoms with van der Waals surface area (Å²) in [4.78, 5) is 27.2. The Labute approximate surface area is 153 Å². The van der Waals surface area contributed by atoms with E-state index in [4.69, 9.17) is 0 Å². The second-order valence-electron chi connectivity index (χ2n) is 7.22. The van der Waals surface area contributed by atoms with E-state index in [1.807, 2.05) is 25.8 Å². The molecule has 2 aromatic rings. The van der Waals surface area contributed by atoms with Crippen LogP contribution in [-0.4, -0.2) is 43.0 Å². The lowest BCUT2D eigenvalue weighted by molar-refractivity contribution is -0.138. The van der Waals surface area contributed by atoms with Crippen molar-refractivity contribution >= 4 is 5.91 Å². The predicted octanol–water partition coefficient (Wildman–Crippen LogP) is 2.22. The summed E-state index contributed by atoms with van der Waals surface area (Å²) < 4.78 is 3.11. The summed E-state index contributed by atoms with van der Waals surface area (Å²) in [5.74, 6) is -0.0384. The van der Waals surface area contributed by atoms with Gasteiger partial charge in [-0.3, -0.25) is 14.3 Å². The maximum Gasteiger partial charge on any atom is 0.267 e. The largest absolute Gasteiger partial charge is 0.338 e. The Morgan fingerprint density at radius 3 is 2.58 bits per heavy atom. The molecule has 0 saturated carbocycles. The Morgan fingerprint density at radius 1 is 1.23 bits per heavy atom. The molecular weight excluding hydrogens is 330 g/mol. The van der Waals surface area contributed by atoms with E-state index in [1.54, 1.807) is 17.7 Å². The van der Waals surface area contributed by atoms with Crippen molar-refractivity contribution in [3.63, 3.8) is 0 Å². The van der Waals surface area contributed by atoms with Gasteiger partial charge < -0.3 is 4.90 Å². The number of rotatable bonds is 3. The summed E-state index contributed by atoms with van der Waals surface area (Å²) in [6.45, 7) is 8.46. The van der Waals surface area contributed by atoms with Gasteiger partial charge >= 0.3 is 0 Å². The number of aryl methyl sites for hydroxylation is 2. The van der Waals surface area contributed by atoms with Crippen molar-refractivity contribution in [2.24, 2.45) is 7.05 Å². The molecule has 2 atom stereocenters. The molecule has 1 aliphatic rings. The van der Waals surface area contributed by atoms with E-state index < -0.39 is 6.04 Å². The number of carbonyl (C=O) groups excluding carboxylic acids is 1. The SMILES string of the molecule is Cc1nn(C)c(C)c1-c1ccc(=O)n(C(C)C(=O)N2CCCCC2C)n1. The van der Waals surface area contributed by atoms with Gasteiger partial charge in [-0.2, -0.15) is 10.2 Å². The summed E-state index contributed by atoms with van der Waals surface area (Å²) in [7, 11) is 1.88. The van der Waals surface area contributed by atoms with Crippen LogP contribution in [0.5, 0.6) is 0 Å². The fraction of sp³-hybridized carbons (Fsp3) is 0.579. The van der Waals surface area contributed by atoms with Gasteiger partial charge in [0.15, 0.2) is 0 Å². The number of piperidine rings is 1. The molecule has 7 heteroatoms. The van der Waals surface area contributed by atoms with Gasteiger partial charge in [0.05, 0.1) is 11.4 Å². The number of nitrogens with zero attached hydrogens (tertiary/aromatic N) is 5. The smallest absolute Gasteiger partial charge is 0.267 e. The molecule has 0 radical (unpaired) electrons. The molecule has 2 aromatic heterocycles. The van der Waals surface area contributed by atoms with Gasteiger partial charge in [0.25, 0.3) is 5.56 Å². The zero-order valence-corrected chi connectivity index (χ0v) is 16.2. The van der Waals surface area contributed by atoms with Crippen LogP contribution in [0.1, 0.15) is 50.5 Å². The minimum absolute atomic E-state index is 0.0384. The van der Waals surface area contributed by atoms with Gasteiger partial charge in [-0.05, 0) is 53.0 Å². The summed E-state index contributed by atoms with van der Waals surface area (Å²) in [6, 6.07) is 2.77. The molecule has 0 bridgehead atoms. The van der Waals surface area contributed by atoms with Crippen LogP contribution in [0.25, 0.3) is 11.3 Å². The Bertz CT molecular complexity index is 883. The zero-order chi connectivity index (χ0) is 19.0. The average Bonchev–Trinajstić information content (AvgIpc) is 2.87. The number of carbonyl (C=O) groups is 1. The quantitative estimate of drug-likeness (QED) is 0.844. The molecule has 0 N–H and O–H groups in total. The highest BCUT2D eigenvalue weighted by molar-refractivity contribution is 5.80. The summed E-state index contributed by atoms with van der Waals surface area (Å²) in [5.41, 5.74) is 3.14.